The van der Waals surface area contributed by atoms with Gasteiger partial charge in [-0.1, -0.05) is 5.16 Å². The Bertz CT molecular complexity index is 383. The van der Waals surface area contributed by atoms with Gasteiger partial charge in [-0.3, -0.25) is 4.98 Å². The van der Waals surface area contributed by atoms with Gasteiger partial charge in [-0.2, -0.15) is 0 Å². The topological polar surface area (TPSA) is 64.9 Å². The van der Waals surface area contributed by atoms with Crippen molar-refractivity contribution in [2.75, 3.05) is 5.73 Å². The lowest BCUT2D eigenvalue weighted by Crippen LogP contribution is -1.82. The Balaban J connectivity index is 2.55. The smallest absolute Gasteiger partial charge is 0.194 e. The molecule has 0 aliphatic heterocycles. The minimum Gasteiger partial charge on any atom is -0.380 e. The van der Waals surface area contributed by atoms with Crippen molar-refractivity contribution >= 4 is 33.1 Å². The van der Waals surface area contributed by atoms with Crippen LogP contribution in [-0.4, -0.2) is 10.1 Å². The zero-order chi connectivity index (χ0) is 8.55. The van der Waals surface area contributed by atoms with Crippen LogP contribution in [-0.2, 0) is 0 Å². The molecule has 0 aliphatic rings. The van der Waals surface area contributed by atoms with Crippen molar-refractivity contribution in [3.05, 3.63) is 16.2 Å². The van der Waals surface area contributed by atoms with E-state index in [2.05, 4.69) is 26.1 Å². The number of nitrogens with zero attached hydrogens (tertiary/aromatic N) is 2. The van der Waals surface area contributed by atoms with E-state index in [4.69, 9.17) is 10.3 Å². The zero-order valence-corrected chi connectivity index (χ0v) is 8.22. The van der Waals surface area contributed by atoms with Crippen molar-refractivity contribution in [1.29, 1.82) is 0 Å². The first kappa shape index (κ1) is 7.75. The van der Waals surface area contributed by atoms with Gasteiger partial charge in [0.05, 0.1) is 10.4 Å². The molecular formula is C6H4BrN3OS. The highest BCUT2D eigenvalue weighted by atomic mass is 79.9. The number of nitrogens with two attached hydrogens (primary N) is 1. The maximum absolute atomic E-state index is 5.48. The molecule has 0 aromatic carbocycles. The fraction of sp³-hybridized carbons (Fsp3) is 0. The Labute approximate surface area is 80.5 Å². The molecule has 0 amide bonds. The van der Waals surface area contributed by atoms with Crippen LogP contribution in [0.15, 0.2) is 20.7 Å². The van der Waals surface area contributed by atoms with Gasteiger partial charge in [-0.05, 0) is 15.9 Å². The van der Waals surface area contributed by atoms with Crippen LogP contribution in [0.5, 0.6) is 0 Å². The van der Waals surface area contributed by atoms with Crippen LogP contribution in [0.4, 0.5) is 5.82 Å². The molecule has 0 aliphatic carbocycles. The molecule has 2 heterocycles. The van der Waals surface area contributed by atoms with E-state index in [1.165, 1.54) is 11.3 Å². The summed E-state index contributed by atoms with van der Waals surface area (Å²) in [5, 5.41) is 3.61. The lowest BCUT2D eigenvalue weighted by atomic mass is 10.4. The van der Waals surface area contributed by atoms with Crippen molar-refractivity contribution in [2.45, 2.75) is 0 Å². The maximum atomic E-state index is 5.48. The second-order valence-corrected chi connectivity index (χ2v) is 3.76. The van der Waals surface area contributed by atoms with Crippen molar-refractivity contribution in [2.24, 2.45) is 0 Å². The van der Waals surface area contributed by atoms with Gasteiger partial charge in [0.1, 0.15) is 4.47 Å². The van der Waals surface area contributed by atoms with Gasteiger partial charge >= 0.3 is 0 Å². The van der Waals surface area contributed by atoms with Gasteiger partial charge in [-0.15, -0.1) is 11.3 Å². The van der Waals surface area contributed by atoms with Crippen LogP contribution in [0.1, 0.15) is 0 Å². The lowest BCUT2D eigenvalue weighted by Gasteiger charge is -1.86. The third-order valence-corrected chi connectivity index (χ3v) is 2.85. The van der Waals surface area contributed by atoms with Gasteiger partial charge in [0, 0.05) is 6.20 Å². The average molecular weight is 246 g/mol. The summed E-state index contributed by atoms with van der Waals surface area (Å²) in [4.78, 5) is 4.83. The number of hydrogen-bond donors (Lipinski definition) is 1. The molecule has 2 N–H and O–H groups in total. The molecule has 0 spiro atoms. The van der Waals surface area contributed by atoms with E-state index in [0.717, 1.165) is 4.88 Å². The second-order valence-electron chi connectivity index (χ2n) is 2.08. The standard InChI is InChI=1S/C6H4BrN3OS/c7-4-5(11-10-6(4)8)3-1-9-2-12-3/h1-2H,(H2,8,10). The number of nitrogen functional groups attached to an aromatic ring is 1. The highest BCUT2D eigenvalue weighted by Crippen LogP contribution is 2.34. The molecule has 4 nitrogen and oxygen atoms in total. The summed E-state index contributed by atoms with van der Waals surface area (Å²) >= 11 is 4.74. The summed E-state index contributed by atoms with van der Waals surface area (Å²) in [6.45, 7) is 0. The molecule has 0 radical (unpaired) electrons. The average Bonchev–Trinajstić information content (AvgIpc) is 2.64. The van der Waals surface area contributed by atoms with Gasteiger partial charge in [0.15, 0.2) is 11.6 Å². The lowest BCUT2D eigenvalue weighted by molar-refractivity contribution is 0.436. The summed E-state index contributed by atoms with van der Waals surface area (Å²) in [7, 11) is 0. The van der Waals surface area contributed by atoms with E-state index < -0.39 is 0 Å². The minimum atomic E-state index is 0.360. The molecule has 2 rings (SSSR count). The first-order valence-corrected chi connectivity index (χ1v) is 4.76. The molecule has 0 bridgehead atoms. The van der Waals surface area contributed by atoms with Crippen LogP contribution >= 0.6 is 27.3 Å². The summed E-state index contributed by atoms with van der Waals surface area (Å²) in [6.07, 6.45) is 1.70. The van der Waals surface area contributed by atoms with Crippen molar-refractivity contribution in [3.8, 4) is 10.6 Å². The Morgan fingerprint density at radius 3 is 2.92 bits per heavy atom. The number of thiazole rings is 1. The van der Waals surface area contributed by atoms with E-state index >= 15 is 0 Å². The minimum absolute atomic E-state index is 0.360. The third-order valence-electron chi connectivity index (χ3n) is 1.32. The molecular weight excluding hydrogens is 242 g/mol. The van der Waals surface area contributed by atoms with Gasteiger partial charge in [-0.25, -0.2) is 0 Å². The predicted octanol–water partition coefficient (Wildman–Crippen LogP) is 2.14. The van der Waals surface area contributed by atoms with E-state index in [1.807, 2.05) is 0 Å². The Morgan fingerprint density at radius 1 is 1.58 bits per heavy atom. The van der Waals surface area contributed by atoms with Gasteiger partial charge in [0.25, 0.3) is 0 Å². The molecule has 2 aromatic heterocycles. The summed E-state index contributed by atoms with van der Waals surface area (Å²) in [5.74, 6) is 0.994. The Kier molecular flexibility index (Phi) is 1.86. The molecule has 0 saturated carbocycles. The highest BCUT2D eigenvalue weighted by Gasteiger charge is 2.13. The van der Waals surface area contributed by atoms with Crippen LogP contribution in [0.25, 0.3) is 10.6 Å². The van der Waals surface area contributed by atoms with E-state index in [-0.39, 0.29) is 0 Å². The largest absolute Gasteiger partial charge is 0.380 e. The predicted molar refractivity (Wildman–Crippen MR) is 49.7 cm³/mol. The molecule has 2 aromatic rings. The monoisotopic (exact) mass is 245 g/mol. The number of halogens is 1. The van der Waals surface area contributed by atoms with Crippen LogP contribution in [0, 0.1) is 0 Å². The number of rotatable bonds is 1. The Hall–Kier alpha value is -0.880. The summed E-state index contributed by atoms with van der Waals surface area (Å²) in [5.41, 5.74) is 7.20. The van der Waals surface area contributed by atoms with Crippen LogP contribution in [0.2, 0.25) is 0 Å². The first-order chi connectivity index (χ1) is 5.79. The van der Waals surface area contributed by atoms with Crippen molar-refractivity contribution in [3.63, 3.8) is 0 Å². The van der Waals surface area contributed by atoms with Crippen LogP contribution in [0.3, 0.4) is 0 Å². The number of aromatic nitrogens is 2. The molecule has 62 valence electrons. The van der Waals surface area contributed by atoms with E-state index in [0.29, 0.717) is 16.1 Å². The quantitative estimate of drug-likeness (QED) is 0.837. The van der Waals surface area contributed by atoms with E-state index in [9.17, 15) is 0 Å². The summed E-state index contributed by atoms with van der Waals surface area (Å²) < 4.78 is 5.67. The first-order valence-electron chi connectivity index (χ1n) is 3.08. The summed E-state index contributed by atoms with van der Waals surface area (Å²) in [6, 6.07) is 0. The molecule has 0 fully saturated rings. The number of anilines is 1. The molecule has 0 saturated heterocycles. The van der Waals surface area contributed by atoms with Gasteiger partial charge < -0.3 is 10.3 Å². The SMILES string of the molecule is Nc1noc(-c2cncs2)c1Br. The Morgan fingerprint density at radius 2 is 2.42 bits per heavy atom. The molecule has 6 heteroatoms. The molecule has 12 heavy (non-hydrogen) atoms. The maximum Gasteiger partial charge on any atom is 0.194 e. The molecule has 0 unspecified atom stereocenters. The van der Waals surface area contributed by atoms with Gasteiger partial charge in [0.2, 0.25) is 0 Å². The second kappa shape index (κ2) is 2.87. The normalized spacial score (nSPS) is 10.4. The highest BCUT2D eigenvalue weighted by molar-refractivity contribution is 9.10. The van der Waals surface area contributed by atoms with Crippen molar-refractivity contribution < 1.29 is 4.52 Å². The third kappa shape index (κ3) is 1.12. The van der Waals surface area contributed by atoms with Crippen molar-refractivity contribution in [1.82, 2.24) is 10.1 Å². The zero-order valence-electron chi connectivity index (χ0n) is 5.82. The van der Waals surface area contributed by atoms with Crippen LogP contribution < -0.4 is 5.73 Å². The fourth-order valence-corrected chi connectivity index (χ4v) is 1.87. The molecule has 0 atom stereocenters. The van der Waals surface area contributed by atoms with E-state index in [1.54, 1.807) is 11.7 Å². The number of hydrogen-bond acceptors (Lipinski definition) is 5. The fourth-order valence-electron chi connectivity index (χ4n) is 0.772.